The molecule has 0 spiro atoms. The zero-order valence-electron chi connectivity index (χ0n) is 14.8. The molecule has 140 valence electrons. The zero-order chi connectivity index (χ0) is 19.3. The van der Waals surface area contributed by atoms with Crippen molar-refractivity contribution in [2.24, 2.45) is 0 Å². The standard InChI is InChI=1S/C22H17NO3S2/c24-20-10-13(4-5-19(20)21-11-22(25)23-28(21)26)16-6-7-18-15(2-1-3-17(16)18)14-8-9-27-12-14/h1-5,8-12,16,24H,6-7H2,(H,23,25)/t16-,28?/m1/s1. The number of amides is 1. The van der Waals surface area contributed by atoms with E-state index in [-0.39, 0.29) is 11.7 Å². The third-order valence-electron chi connectivity index (χ3n) is 5.45. The normalized spacial score (nSPS) is 20.7. The molecule has 3 aromatic rings. The molecule has 1 unspecified atom stereocenters. The summed E-state index contributed by atoms with van der Waals surface area (Å²) in [4.78, 5) is 11.7. The molecule has 4 nitrogen and oxygen atoms in total. The maximum atomic E-state index is 12.0. The van der Waals surface area contributed by atoms with Gasteiger partial charge in [0.15, 0.2) is 11.0 Å². The lowest BCUT2D eigenvalue weighted by atomic mass is 9.90. The van der Waals surface area contributed by atoms with Gasteiger partial charge in [0.1, 0.15) is 5.75 Å². The number of hydrogen-bond acceptors (Lipinski definition) is 4. The highest BCUT2D eigenvalue weighted by Crippen LogP contribution is 2.44. The molecule has 28 heavy (non-hydrogen) atoms. The Morgan fingerprint density at radius 3 is 2.75 bits per heavy atom. The SMILES string of the molecule is O=C1C=C(c2ccc([C@H]3CCc4c(-c5ccsc5)cccc43)cc2O)S(=O)N1. The molecule has 2 heterocycles. The summed E-state index contributed by atoms with van der Waals surface area (Å²) < 4.78 is 14.3. The maximum Gasteiger partial charge on any atom is 0.257 e. The van der Waals surface area contributed by atoms with Crippen LogP contribution in [0.15, 0.2) is 59.3 Å². The molecule has 1 aliphatic carbocycles. The van der Waals surface area contributed by atoms with Crippen molar-refractivity contribution >= 4 is 33.1 Å². The molecule has 1 aliphatic heterocycles. The van der Waals surface area contributed by atoms with Crippen LogP contribution in [0.3, 0.4) is 0 Å². The van der Waals surface area contributed by atoms with Gasteiger partial charge in [0, 0.05) is 17.6 Å². The highest BCUT2D eigenvalue weighted by atomic mass is 32.2. The summed E-state index contributed by atoms with van der Waals surface area (Å²) in [5.74, 6) is -0.130. The Labute approximate surface area is 169 Å². The Bertz CT molecular complexity index is 1150. The molecule has 0 radical (unpaired) electrons. The number of phenols is 1. The van der Waals surface area contributed by atoms with E-state index >= 15 is 0 Å². The second-order valence-electron chi connectivity index (χ2n) is 7.00. The lowest BCUT2D eigenvalue weighted by molar-refractivity contribution is -0.114. The Kier molecular flexibility index (Phi) is 4.18. The number of benzene rings is 2. The fraction of sp³-hybridized carbons (Fsp3) is 0.136. The molecule has 2 aromatic carbocycles. The second-order valence-corrected chi connectivity index (χ2v) is 8.96. The van der Waals surface area contributed by atoms with E-state index < -0.39 is 16.9 Å². The lowest BCUT2D eigenvalue weighted by Gasteiger charge is -2.15. The summed E-state index contributed by atoms with van der Waals surface area (Å²) in [6.07, 6.45) is 3.27. The highest BCUT2D eigenvalue weighted by molar-refractivity contribution is 7.94. The molecular formula is C22H17NO3S2. The van der Waals surface area contributed by atoms with Crippen molar-refractivity contribution in [1.29, 1.82) is 0 Å². The topological polar surface area (TPSA) is 66.4 Å². The van der Waals surface area contributed by atoms with Gasteiger partial charge >= 0.3 is 0 Å². The predicted octanol–water partition coefficient (Wildman–Crippen LogP) is 4.33. The van der Waals surface area contributed by atoms with Crippen LogP contribution in [-0.4, -0.2) is 15.2 Å². The molecule has 0 bridgehead atoms. The van der Waals surface area contributed by atoms with Crippen molar-refractivity contribution in [3.63, 3.8) is 0 Å². The van der Waals surface area contributed by atoms with E-state index in [9.17, 15) is 14.1 Å². The van der Waals surface area contributed by atoms with Crippen molar-refractivity contribution < 1.29 is 14.1 Å². The molecule has 0 saturated heterocycles. The van der Waals surface area contributed by atoms with Gasteiger partial charge in [0.2, 0.25) is 0 Å². The molecule has 2 atom stereocenters. The molecule has 2 N–H and O–H groups in total. The molecule has 6 heteroatoms. The van der Waals surface area contributed by atoms with Crippen molar-refractivity contribution in [2.45, 2.75) is 18.8 Å². The third-order valence-corrected chi connectivity index (χ3v) is 7.25. The summed E-state index contributed by atoms with van der Waals surface area (Å²) in [5.41, 5.74) is 6.70. The predicted molar refractivity (Wildman–Crippen MR) is 112 cm³/mol. The van der Waals surface area contributed by atoms with Crippen LogP contribution >= 0.6 is 11.3 Å². The first-order valence-corrected chi connectivity index (χ1v) is 11.1. The Hall–Kier alpha value is -2.70. The number of phenolic OH excluding ortho intramolecular Hbond substituents is 1. The average Bonchev–Trinajstić information content (AvgIpc) is 3.41. The summed E-state index contributed by atoms with van der Waals surface area (Å²) >= 11 is 1.70. The number of carbonyl (C=O) groups is 1. The molecule has 1 aromatic heterocycles. The zero-order valence-corrected chi connectivity index (χ0v) is 16.5. The number of hydrogen-bond donors (Lipinski definition) is 2. The van der Waals surface area contributed by atoms with Gasteiger partial charge in [-0.15, -0.1) is 0 Å². The van der Waals surface area contributed by atoms with Crippen molar-refractivity contribution in [3.05, 3.63) is 81.6 Å². The van der Waals surface area contributed by atoms with Gasteiger partial charge in [-0.1, -0.05) is 24.3 Å². The van der Waals surface area contributed by atoms with E-state index in [1.54, 1.807) is 23.5 Å². The summed E-state index contributed by atoms with van der Waals surface area (Å²) in [6, 6.07) is 14.1. The molecule has 0 saturated carbocycles. The summed E-state index contributed by atoms with van der Waals surface area (Å²) in [7, 11) is -1.61. The largest absolute Gasteiger partial charge is 0.507 e. The van der Waals surface area contributed by atoms with Crippen LogP contribution < -0.4 is 4.72 Å². The van der Waals surface area contributed by atoms with E-state index in [1.165, 1.54) is 28.3 Å². The smallest absolute Gasteiger partial charge is 0.257 e. The first kappa shape index (κ1) is 17.4. The van der Waals surface area contributed by atoms with E-state index in [1.807, 2.05) is 6.07 Å². The minimum Gasteiger partial charge on any atom is -0.507 e. The minimum absolute atomic E-state index is 0.0519. The first-order valence-electron chi connectivity index (χ1n) is 9.03. The van der Waals surface area contributed by atoms with Gasteiger partial charge in [0.05, 0.1) is 4.91 Å². The fourth-order valence-electron chi connectivity index (χ4n) is 4.19. The number of thiophene rings is 1. The minimum atomic E-state index is -1.61. The van der Waals surface area contributed by atoms with Gasteiger partial charge in [-0.2, -0.15) is 11.3 Å². The van der Waals surface area contributed by atoms with Crippen molar-refractivity contribution in [2.75, 3.05) is 0 Å². The average molecular weight is 408 g/mol. The van der Waals surface area contributed by atoms with Gasteiger partial charge in [-0.25, -0.2) is 4.21 Å². The van der Waals surface area contributed by atoms with Crippen LogP contribution in [0.5, 0.6) is 5.75 Å². The number of fused-ring (bicyclic) bond motifs is 1. The van der Waals surface area contributed by atoms with E-state index in [2.05, 4.69) is 39.7 Å². The van der Waals surface area contributed by atoms with E-state index in [0.717, 1.165) is 18.4 Å². The molecular weight excluding hydrogens is 390 g/mol. The van der Waals surface area contributed by atoms with Crippen LogP contribution in [0.25, 0.3) is 16.0 Å². The quantitative estimate of drug-likeness (QED) is 0.679. The molecule has 5 rings (SSSR count). The summed E-state index contributed by atoms with van der Waals surface area (Å²) in [6.45, 7) is 0. The Morgan fingerprint density at radius 1 is 1.14 bits per heavy atom. The monoisotopic (exact) mass is 407 g/mol. The van der Waals surface area contributed by atoms with Crippen LogP contribution in [0, 0.1) is 0 Å². The molecule has 1 amide bonds. The second kappa shape index (κ2) is 6.72. The van der Waals surface area contributed by atoms with Crippen molar-refractivity contribution in [1.82, 2.24) is 4.72 Å². The highest BCUT2D eigenvalue weighted by Gasteiger charge is 2.28. The van der Waals surface area contributed by atoms with Crippen LogP contribution in [0.4, 0.5) is 0 Å². The van der Waals surface area contributed by atoms with Crippen molar-refractivity contribution in [3.8, 4) is 16.9 Å². The molecule has 0 fully saturated rings. The van der Waals surface area contributed by atoms with Gasteiger partial charge in [0.25, 0.3) is 5.91 Å². The lowest BCUT2D eigenvalue weighted by Crippen LogP contribution is -2.16. The van der Waals surface area contributed by atoms with Crippen LogP contribution in [0.1, 0.15) is 34.6 Å². The van der Waals surface area contributed by atoms with Crippen LogP contribution in [0.2, 0.25) is 0 Å². The summed E-state index contributed by atoms with van der Waals surface area (Å²) in [5, 5.41) is 14.8. The van der Waals surface area contributed by atoms with Gasteiger partial charge in [-0.05, 0) is 69.6 Å². The molecule has 2 aliphatic rings. The number of rotatable bonds is 3. The first-order chi connectivity index (χ1) is 13.6. The Morgan fingerprint density at radius 2 is 2.04 bits per heavy atom. The fourth-order valence-corrected chi connectivity index (χ4v) is 5.78. The van der Waals surface area contributed by atoms with E-state index in [0.29, 0.717) is 10.5 Å². The van der Waals surface area contributed by atoms with Gasteiger partial charge < -0.3 is 5.11 Å². The van der Waals surface area contributed by atoms with Crippen LogP contribution in [-0.2, 0) is 22.2 Å². The third kappa shape index (κ3) is 2.80. The maximum absolute atomic E-state index is 12.0. The number of aromatic hydroxyl groups is 1. The number of nitrogens with one attached hydrogen (secondary N) is 1. The Balaban J connectivity index is 1.52. The van der Waals surface area contributed by atoms with E-state index in [4.69, 9.17) is 0 Å². The van der Waals surface area contributed by atoms with Gasteiger partial charge in [-0.3, -0.25) is 9.52 Å². The number of carbonyl (C=O) groups excluding carboxylic acids is 1.